The summed E-state index contributed by atoms with van der Waals surface area (Å²) in [7, 11) is 0. The monoisotopic (exact) mass is 312 g/mol. The maximum atomic E-state index is 10.7. The van der Waals surface area contributed by atoms with Crippen LogP contribution in [-0.4, -0.2) is 17.7 Å². The minimum absolute atomic E-state index is 0.158. The third-order valence-corrected chi connectivity index (χ3v) is 3.99. The number of carboxylic acids is 1. The molecule has 120 valence electrons. The van der Waals surface area contributed by atoms with Gasteiger partial charge >= 0.3 is 5.97 Å². The minimum atomic E-state index is -0.773. The number of hydrogen-bond acceptors (Lipinski definition) is 3. The van der Waals surface area contributed by atoms with Gasteiger partial charge in [0.1, 0.15) is 17.9 Å². The fraction of sp³-hybridized carbons (Fsp3) is 0.316. The standard InChI is InChI=1S/C19H20O4/c20-19(21)8-4-7-15-11-17-16(9-10-22-17)12-18(15)23-13-14-5-2-1-3-6-14/h1-2,5,9-12H,3-4,6-8,13H2,(H,20,21). The molecule has 0 aliphatic heterocycles. The Balaban J connectivity index is 1.76. The maximum absolute atomic E-state index is 10.7. The summed E-state index contributed by atoms with van der Waals surface area (Å²) in [6, 6.07) is 5.85. The lowest BCUT2D eigenvalue weighted by Gasteiger charge is -2.14. The summed E-state index contributed by atoms with van der Waals surface area (Å²) in [5, 5.41) is 9.81. The summed E-state index contributed by atoms with van der Waals surface area (Å²) in [6.07, 6.45) is 11.5. The normalized spacial score (nSPS) is 14.0. The Kier molecular flexibility index (Phi) is 4.81. The molecule has 4 nitrogen and oxygen atoms in total. The van der Waals surface area contributed by atoms with E-state index in [0.717, 1.165) is 35.1 Å². The molecule has 1 heterocycles. The van der Waals surface area contributed by atoms with Crippen LogP contribution in [-0.2, 0) is 11.2 Å². The number of benzene rings is 1. The van der Waals surface area contributed by atoms with Crippen molar-refractivity contribution in [2.24, 2.45) is 0 Å². The van der Waals surface area contributed by atoms with E-state index < -0.39 is 5.97 Å². The molecule has 1 aromatic heterocycles. The molecule has 1 N–H and O–H groups in total. The number of carbonyl (C=O) groups is 1. The van der Waals surface area contributed by atoms with Gasteiger partial charge in [0.2, 0.25) is 0 Å². The van der Waals surface area contributed by atoms with E-state index in [1.54, 1.807) is 6.26 Å². The number of aliphatic carboxylic acids is 1. The summed E-state index contributed by atoms with van der Waals surface area (Å²) in [5.41, 5.74) is 3.08. The van der Waals surface area contributed by atoms with Crippen molar-refractivity contribution in [3.05, 3.63) is 53.8 Å². The molecule has 0 fully saturated rings. The van der Waals surface area contributed by atoms with Crippen molar-refractivity contribution in [3.63, 3.8) is 0 Å². The highest BCUT2D eigenvalue weighted by Gasteiger charge is 2.10. The van der Waals surface area contributed by atoms with Crippen molar-refractivity contribution in [3.8, 4) is 5.75 Å². The van der Waals surface area contributed by atoms with E-state index in [4.69, 9.17) is 14.3 Å². The molecule has 0 unspecified atom stereocenters. The van der Waals surface area contributed by atoms with Crippen LogP contribution in [0.25, 0.3) is 11.0 Å². The molecule has 1 aromatic carbocycles. The Morgan fingerprint density at radius 1 is 1.35 bits per heavy atom. The summed E-state index contributed by atoms with van der Waals surface area (Å²) in [4.78, 5) is 10.7. The Morgan fingerprint density at radius 2 is 2.26 bits per heavy atom. The predicted octanol–water partition coefficient (Wildman–Crippen LogP) is 4.50. The van der Waals surface area contributed by atoms with Gasteiger partial charge in [-0.1, -0.05) is 18.2 Å². The Morgan fingerprint density at radius 3 is 3.04 bits per heavy atom. The van der Waals surface area contributed by atoms with Gasteiger partial charge in [-0.3, -0.25) is 4.79 Å². The average molecular weight is 312 g/mol. The molecule has 0 bridgehead atoms. The van der Waals surface area contributed by atoms with Crippen LogP contribution in [0.15, 0.2) is 52.7 Å². The molecule has 23 heavy (non-hydrogen) atoms. The zero-order valence-corrected chi connectivity index (χ0v) is 13.0. The maximum Gasteiger partial charge on any atom is 0.303 e. The Bertz CT molecular complexity index is 752. The van der Waals surface area contributed by atoms with Gasteiger partial charge in [-0.05, 0) is 55.0 Å². The number of furan rings is 1. The van der Waals surface area contributed by atoms with E-state index in [-0.39, 0.29) is 6.42 Å². The van der Waals surface area contributed by atoms with E-state index in [9.17, 15) is 4.79 Å². The fourth-order valence-electron chi connectivity index (χ4n) is 2.73. The number of carboxylic acid groups (broad SMARTS) is 1. The van der Waals surface area contributed by atoms with Gasteiger partial charge in [-0.2, -0.15) is 0 Å². The van der Waals surface area contributed by atoms with Gasteiger partial charge < -0.3 is 14.3 Å². The second kappa shape index (κ2) is 7.18. The molecule has 0 saturated carbocycles. The summed E-state index contributed by atoms with van der Waals surface area (Å²) >= 11 is 0. The lowest BCUT2D eigenvalue weighted by molar-refractivity contribution is -0.137. The van der Waals surface area contributed by atoms with Crippen molar-refractivity contribution < 1.29 is 19.1 Å². The molecule has 0 atom stereocenters. The first-order chi connectivity index (χ1) is 11.2. The first-order valence-electron chi connectivity index (χ1n) is 7.91. The fourth-order valence-corrected chi connectivity index (χ4v) is 2.73. The third kappa shape index (κ3) is 4.03. The molecule has 4 heteroatoms. The first-order valence-corrected chi connectivity index (χ1v) is 7.91. The number of aryl methyl sites for hydroxylation is 1. The van der Waals surface area contributed by atoms with E-state index >= 15 is 0 Å². The number of rotatable bonds is 7. The molecule has 2 aromatic rings. The van der Waals surface area contributed by atoms with Crippen molar-refractivity contribution >= 4 is 16.9 Å². The van der Waals surface area contributed by atoms with Crippen LogP contribution >= 0.6 is 0 Å². The Hall–Kier alpha value is -2.49. The smallest absolute Gasteiger partial charge is 0.303 e. The van der Waals surface area contributed by atoms with Gasteiger partial charge in [0.25, 0.3) is 0 Å². The van der Waals surface area contributed by atoms with E-state index in [1.165, 1.54) is 5.57 Å². The van der Waals surface area contributed by atoms with Crippen molar-refractivity contribution in [2.45, 2.75) is 32.1 Å². The highest BCUT2D eigenvalue weighted by molar-refractivity contribution is 5.80. The molecule has 0 amide bonds. The van der Waals surface area contributed by atoms with Crippen LogP contribution in [0.2, 0.25) is 0 Å². The largest absolute Gasteiger partial charge is 0.489 e. The topological polar surface area (TPSA) is 59.7 Å². The zero-order chi connectivity index (χ0) is 16.1. The number of allylic oxidation sites excluding steroid dienone is 3. The van der Waals surface area contributed by atoms with Gasteiger partial charge in [0.15, 0.2) is 0 Å². The highest BCUT2D eigenvalue weighted by atomic mass is 16.5. The van der Waals surface area contributed by atoms with Crippen LogP contribution in [0.4, 0.5) is 0 Å². The zero-order valence-electron chi connectivity index (χ0n) is 13.0. The lowest BCUT2D eigenvalue weighted by Crippen LogP contribution is -2.05. The molecule has 0 saturated heterocycles. The minimum Gasteiger partial charge on any atom is -0.489 e. The third-order valence-electron chi connectivity index (χ3n) is 3.99. The second-order valence-corrected chi connectivity index (χ2v) is 5.75. The first kappa shape index (κ1) is 15.4. The summed E-state index contributed by atoms with van der Waals surface area (Å²) in [5.74, 6) is 0.0467. The SMILES string of the molecule is O=C(O)CCCc1cc2occc2cc1OCC1=CC=CCC1. The van der Waals surface area contributed by atoms with Crippen molar-refractivity contribution in [1.82, 2.24) is 0 Å². The van der Waals surface area contributed by atoms with Crippen LogP contribution in [0, 0.1) is 0 Å². The quantitative estimate of drug-likeness (QED) is 0.818. The van der Waals surface area contributed by atoms with E-state index in [2.05, 4.69) is 18.2 Å². The van der Waals surface area contributed by atoms with Gasteiger partial charge in [-0.15, -0.1) is 0 Å². The van der Waals surface area contributed by atoms with Crippen LogP contribution in [0.1, 0.15) is 31.2 Å². The van der Waals surface area contributed by atoms with Crippen molar-refractivity contribution in [1.29, 1.82) is 0 Å². The van der Waals surface area contributed by atoms with Crippen LogP contribution in [0.3, 0.4) is 0 Å². The van der Waals surface area contributed by atoms with Gasteiger partial charge in [0.05, 0.1) is 6.26 Å². The number of fused-ring (bicyclic) bond motifs is 1. The van der Waals surface area contributed by atoms with Crippen LogP contribution in [0.5, 0.6) is 5.75 Å². The second-order valence-electron chi connectivity index (χ2n) is 5.75. The van der Waals surface area contributed by atoms with Gasteiger partial charge in [0, 0.05) is 11.8 Å². The lowest BCUT2D eigenvalue weighted by atomic mass is 10.0. The molecule has 3 rings (SSSR count). The molecular weight excluding hydrogens is 292 g/mol. The highest BCUT2D eigenvalue weighted by Crippen LogP contribution is 2.29. The van der Waals surface area contributed by atoms with Gasteiger partial charge in [-0.25, -0.2) is 0 Å². The predicted molar refractivity (Wildman–Crippen MR) is 88.7 cm³/mol. The molecule has 0 radical (unpaired) electrons. The van der Waals surface area contributed by atoms with Crippen molar-refractivity contribution in [2.75, 3.05) is 6.61 Å². The van der Waals surface area contributed by atoms with E-state index in [1.807, 2.05) is 18.2 Å². The molecule has 0 spiro atoms. The number of ether oxygens (including phenoxy) is 1. The number of hydrogen-bond donors (Lipinski definition) is 1. The molecule has 1 aliphatic rings. The van der Waals surface area contributed by atoms with E-state index in [0.29, 0.717) is 19.4 Å². The Labute approximate surface area is 135 Å². The molecule has 1 aliphatic carbocycles. The summed E-state index contributed by atoms with van der Waals surface area (Å²) < 4.78 is 11.5. The average Bonchev–Trinajstić information content (AvgIpc) is 3.00. The molecular formula is C19H20O4. The van der Waals surface area contributed by atoms with Crippen LogP contribution < -0.4 is 4.74 Å². The summed E-state index contributed by atoms with van der Waals surface area (Å²) in [6.45, 7) is 0.569.